The number of nitrogens with one attached hydrogen (secondary N) is 1. The van der Waals surface area contributed by atoms with Gasteiger partial charge in [0.15, 0.2) is 5.78 Å². The van der Waals surface area contributed by atoms with Crippen molar-refractivity contribution in [3.8, 4) is 5.75 Å². The van der Waals surface area contributed by atoms with Crippen molar-refractivity contribution in [3.63, 3.8) is 0 Å². The van der Waals surface area contributed by atoms with Crippen LogP contribution >= 0.6 is 0 Å². The minimum absolute atomic E-state index is 0.0703. The topological polar surface area (TPSA) is 77.5 Å². The van der Waals surface area contributed by atoms with Gasteiger partial charge in [0.1, 0.15) is 23.4 Å². The summed E-state index contributed by atoms with van der Waals surface area (Å²) in [4.78, 5) is 28.7. The average molecular weight is 450 g/mol. The molecule has 1 fully saturated rings. The number of benzene rings is 1. The highest BCUT2D eigenvalue weighted by molar-refractivity contribution is 5.97. The SMILES string of the molecule is CC(=O)c1cc(NC(=O)[C@H]2OC(C)(C)[C@@H](C)[C@@H]2c2ccc(F)c(C)c2OC(F)F)ccn1. The standard InChI is InChI=1S/C23H25F3N2O4/c1-11-16(24)7-6-15(19(11)31-22(25)26)18-12(2)23(4,5)32-20(18)21(30)28-14-8-9-27-17(10-14)13(3)29/h6-10,12,18,20,22H,1-5H3,(H,27,28,30)/t12-,18+,20-/m0/s1. The molecule has 1 aliphatic heterocycles. The number of hydrogen-bond donors (Lipinski definition) is 1. The third-order valence-electron chi connectivity index (χ3n) is 5.98. The van der Waals surface area contributed by atoms with Gasteiger partial charge in [-0.3, -0.25) is 14.6 Å². The Morgan fingerprint density at radius 3 is 2.56 bits per heavy atom. The van der Waals surface area contributed by atoms with E-state index in [-0.39, 0.29) is 34.3 Å². The van der Waals surface area contributed by atoms with Crippen LogP contribution in [0, 0.1) is 18.7 Å². The van der Waals surface area contributed by atoms with Crippen molar-refractivity contribution in [2.24, 2.45) is 5.92 Å². The molecule has 32 heavy (non-hydrogen) atoms. The molecule has 0 unspecified atom stereocenters. The smallest absolute Gasteiger partial charge is 0.387 e. The number of amides is 1. The Bertz CT molecular complexity index is 1040. The Balaban J connectivity index is 2.01. The maximum absolute atomic E-state index is 14.1. The van der Waals surface area contributed by atoms with Crippen LogP contribution < -0.4 is 10.1 Å². The van der Waals surface area contributed by atoms with Gasteiger partial charge in [0.05, 0.1) is 5.60 Å². The molecule has 2 aromatic rings. The number of anilines is 1. The van der Waals surface area contributed by atoms with Crippen LogP contribution in [0.15, 0.2) is 30.5 Å². The molecule has 1 saturated heterocycles. The quantitative estimate of drug-likeness (QED) is 0.636. The highest BCUT2D eigenvalue weighted by Gasteiger charge is 2.51. The summed E-state index contributed by atoms with van der Waals surface area (Å²) < 4.78 is 51.0. The maximum atomic E-state index is 14.1. The lowest BCUT2D eigenvalue weighted by Gasteiger charge is -2.26. The Kier molecular flexibility index (Phi) is 6.59. The van der Waals surface area contributed by atoms with Gasteiger partial charge in [-0.1, -0.05) is 13.0 Å². The van der Waals surface area contributed by atoms with Gasteiger partial charge < -0.3 is 14.8 Å². The van der Waals surface area contributed by atoms with E-state index in [4.69, 9.17) is 4.74 Å². The van der Waals surface area contributed by atoms with E-state index in [9.17, 15) is 22.8 Å². The summed E-state index contributed by atoms with van der Waals surface area (Å²) in [7, 11) is 0. The third-order valence-corrected chi connectivity index (χ3v) is 5.98. The van der Waals surface area contributed by atoms with Gasteiger partial charge in [0.2, 0.25) is 0 Å². The van der Waals surface area contributed by atoms with Crippen molar-refractivity contribution >= 4 is 17.4 Å². The van der Waals surface area contributed by atoms with Crippen molar-refractivity contribution in [2.75, 3.05) is 5.32 Å². The molecular formula is C23H25F3N2O4. The zero-order valence-corrected chi connectivity index (χ0v) is 18.4. The number of carbonyl (C=O) groups excluding carboxylic acids is 2. The Labute approximate surface area is 184 Å². The van der Waals surface area contributed by atoms with Crippen LogP contribution in [0.4, 0.5) is 18.9 Å². The monoisotopic (exact) mass is 450 g/mol. The van der Waals surface area contributed by atoms with E-state index in [0.29, 0.717) is 5.69 Å². The number of nitrogens with zero attached hydrogens (tertiary/aromatic N) is 1. The molecule has 1 amide bonds. The molecule has 6 nitrogen and oxygen atoms in total. The number of pyridine rings is 1. The minimum atomic E-state index is -3.16. The van der Waals surface area contributed by atoms with Crippen LogP contribution in [0.25, 0.3) is 0 Å². The number of halogens is 3. The minimum Gasteiger partial charge on any atom is -0.434 e. The zero-order chi connectivity index (χ0) is 23.8. The molecule has 0 saturated carbocycles. The lowest BCUT2D eigenvalue weighted by Crippen LogP contribution is -2.33. The summed E-state index contributed by atoms with van der Waals surface area (Å²) in [6, 6.07) is 5.48. The first-order valence-electron chi connectivity index (χ1n) is 10.1. The van der Waals surface area contributed by atoms with Crippen LogP contribution in [-0.2, 0) is 9.53 Å². The molecule has 0 aliphatic carbocycles. The molecule has 1 aromatic heterocycles. The van der Waals surface area contributed by atoms with Crippen molar-refractivity contribution in [2.45, 2.75) is 58.9 Å². The van der Waals surface area contributed by atoms with Gasteiger partial charge in [0.25, 0.3) is 5.91 Å². The number of carbonyl (C=O) groups is 2. The van der Waals surface area contributed by atoms with Gasteiger partial charge in [-0.25, -0.2) is 4.39 Å². The van der Waals surface area contributed by atoms with Crippen LogP contribution in [0.5, 0.6) is 5.75 Å². The summed E-state index contributed by atoms with van der Waals surface area (Å²) in [6.07, 6.45) is 0.322. The van der Waals surface area contributed by atoms with Gasteiger partial charge in [-0.2, -0.15) is 8.78 Å². The van der Waals surface area contributed by atoms with Gasteiger partial charge in [-0.15, -0.1) is 0 Å². The van der Waals surface area contributed by atoms with Crippen molar-refractivity contribution in [1.29, 1.82) is 0 Å². The fraction of sp³-hybridized carbons (Fsp3) is 0.435. The summed E-state index contributed by atoms with van der Waals surface area (Å²) in [5.74, 6) is -2.76. The van der Waals surface area contributed by atoms with E-state index in [2.05, 4.69) is 15.0 Å². The van der Waals surface area contributed by atoms with Crippen LogP contribution in [0.2, 0.25) is 0 Å². The predicted octanol–water partition coefficient (Wildman–Crippen LogP) is 4.87. The molecule has 3 rings (SSSR count). The molecule has 3 atom stereocenters. The van der Waals surface area contributed by atoms with Crippen LogP contribution in [-0.4, -0.2) is 35.0 Å². The molecule has 1 aromatic carbocycles. The van der Waals surface area contributed by atoms with Crippen LogP contribution in [0.3, 0.4) is 0 Å². The van der Waals surface area contributed by atoms with Crippen molar-refractivity contribution < 1.29 is 32.2 Å². The van der Waals surface area contributed by atoms with Crippen molar-refractivity contribution in [3.05, 3.63) is 53.1 Å². The lowest BCUT2D eigenvalue weighted by atomic mass is 9.77. The molecule has 172 valence electrons. The maximum Gasteiger partial charge on any atom is 0.387 e. The first-order valence-corrected chi connectivity index (χ1v) is 10.1. The largest absolute Gasteiger partial charge is 0.434 e. The number of ether oxygens (including phenoxy) is 2. The van der Waals surface area contributed by atoms with E-state index >= 15 is 0 Å². The Morgan fingerprint density at radius 1 is 1.25 bits per heavy atom. The second-order valence-electron chi connectivity index (χ2n) is 8.40. The second-order valence-corrected chi connectivity index (χ2v) is 8.40. The number of alkyl halides is 2. The molecule has 1 aliphatic rings. The molecule has 2 heterocycles. The molecule has 0 radical (unpaired) electrons. The van der Waals surface area contributed by atoms with Crippen LogP contribution in [0.1, 0.15) is 55.2 Å². The third kappa shape index (κ3) is 4.62. The van der Waals surface area contributed by atoms with Crippen molar-refractivity contribution in [1.82, 2.24) is 4.98 Å². The second kappa shape index (κ2) is 8.90. The zero-order valence-electron chi connectivity index (χ0n) is 18.4. The van der Waals surface area contributed by atoms with E-state index in [1.54, 1.807) is 13.8 Å². The summed E-state index contributed by atoms with van der Waals surface area (Å²) in [6.45, 7) is 4.97. The number of Topliss-reactive ketones (excluding diaryl/α,β-unsaturated/α-hetero) is 1. The number of rotatable bonds is 6. The normalized spacial score (nSPS) is 22.1. The average Bonchev–Trinajstić information content (AvgIpc) is 2.95. The van der Waals surface area contributed by atoms with Gasteiger partial charge in [0, 0.05) is 35.9 Å². The summed E-state index contributed by atoms with van der Waals surface area (Å²) >= 11 is 0. The highest BCUT2D eigenvalue weighted by Crippen LogP contribution is 2.49. The molecule has 0 bridgehead atoms. The molecule has 0 spiro atoms. The first kappa shape index (κ1) is 23.7. The van der Waals surface area contributed by atoms with E-state index in [1.807, 2.05) is 6.92 Å². The van der Waals surface area contributed by atoms with E-state index in [0.717, 1.165) is 6.07 Å². The predicted molar refractivity (Wildman–Crippen MR) is 111 cm³/mol. The number of hydrogen-bond acceptors (Lipinski definition) is 5. The Hall–Kier alpha value is -2.94. The first-order chi connectivity index (χ1) is 14.9. The summed E-state index contributed by atoms with van der Waals surface area (Å²) in [5.41, 5.74) is -0.0584. The molecular weight excluding hydrogens is 425 g/mol. The van der Waals surface area contributed by atoms with E-state index < -0.39 is 36.0 Å². The number of aromatic nitrogens is 1. The molecule has 9 heteroatoms. The Morgan fingerprint density at radius 2 is 1.94 bits per heavy atom. The van der Waals surface area contributed by atoms with Gasteiger partial charge in [-0.05, 0) is 44.9 Å². The fourth-order valence-electron chi connectivity index (χ4n) is 3.96. The molecule has 1 N–H and O–H groups in total. The number of ketones is 1. The fourth-order valence-corrected chi connectivity index (χ4v) is 3.96. The lowest BCUT2D eigenvalue weighted by molar-refractivity contribution is -0.131. The summed E-state index contributed by atoms with van der Waals surface area (Å²) in [5, 5.41) is 2.70. The van der Waals surface area contributed by atoms with E-state index in [1.165, 1.54) is 38.2 Å². The van der Waals surface area contributed by atoms with Gasteiger partial charge >= 0.3 is 6.61 Å². The highest BCUT2D eigenvalue weighted by atomic mass is 19.3.